The maximum atomic E-state index is 5.90. The van der Waals surface area contributed by atoms with E-state index in [0.29, 0.717) is 12.0 Å². The van der Waals surface area contributed by atoms with Crippen LogP contribution in [0.5, 0.6) is 0 Å². The fourth-order valence-corrected chi connectivity index (χ4v) is 2.74. The molecular weight excluding hydrogens is 369 g/mol. The van der Waals surface area contributed by atoms with Crippen molar-refractivity contribution in [2.45, 2.75) is 12.5 Å². The van der Waals surface area contributed by atoms with Gasteiger partial charge in [0.25, 0.3) is 0 Å². The molecule has 0 radical (unpaired) electrons. The van der Waals surface area contributed by atoms with Crippen molar-refractivity contribution in [3.8, 4) is 11.3 Å². The van der Waals surface area contributed by atoms with Gasteiger partial charge in [0, 0.05) is 30.8 Å². The third-order valence-corrected chi connectivity index (χ3v) is 4.02. The lowest BCUT2D eigenvalue weighted by molar-refractivity contribution is 0.315. The van der Waals surface area contributed by atoms with Gasteiger partial charge in [-0.25, -0.2) is 4.98 Å². The molecule has 1 aliphatic heterocycles. The maximum absolute atomic E-state index is 5.90. The SMILES string of the molecule is CN(C)C1CCN(c2cc(-c3ccccc3)nc(N)n2)C1.Cl.Cl.Cl. The molecule has 1 fully saturated rings. The first kappa shape index (κ1) is 22.7. The number of nitrogens with zero attached hydrogens (tertiary/aromatic N) is 4. The standard InChI is InChI=1S/C16H21N5.3ClH/c1-20(2)13-8-9-21(11-13)15-10-14(18-16(17)19-15)12-6-4-3-5-7-12;;;/h3-7,10,13H,8-9,11H2,1-2H3,(H2,17,18,19);3*1H. The Morgan fingerprint density at radius 3 is 2.33 bits per heavy atom. The Kier molecular flexibility index (Phi) is 9.37. The van der Waals surface area contributed by atoms with E-state index in [1.165, 1.54) is 0 Å². The lowest BCUT2D eigenvalue weighted by Gasteiger charge is -2.21. The van der Waals surface area contributed by atoms with E-state index in [0.717, 1.165) is 36.6 Å². The Bertz CT molecular complexity index is 624. The summed E-state index contributed by atoms with van der Waals surface area (Å²) in [6.07, 6.45) is 1.15. The molecule has 24 heavy (non-hydrogen) atoms. The molecule has 1 aromatic carbocycles. The third kappa shape index (κ3) is 5.11. The van der Waals surface area contributed by atoms with Crippen LogP contribution in [0.3, 0.4) is 0 Å². The number of rotatable bonds is 3. The minimum Gasteiger partial charge on any atom is -0.368 e. The van der Waals surface area contributed by atoms with E-state index in [1.54, 1.807) is 0 Å². The van der Waals surface area contributed by atoms with E-state index in [4.69, 9.17) is 5.73 Å². The number of hydrogen-bond acceptors (Lipinski definition) is 5. The summed E-state index contributed by atoms with van der Waals surface area (Å²) in [6.45, 7) is 1.99. The Labute approximate surface area is 161 Å². The number of nitrogens with two attached hydrogens (primary N) is 1. The number of aromatic nitrogens is 2. The molecule has 1 aliphatic rings. The highest BCUT2D eigenvalue weighted by Gasteiger charge is 2.25. The van der Waals surface area contributed by atoms with Gasteiger partial charge in [-0.3, -0.25) is 0 Å². The van der Waals surface area contributed by atoms with E-state index >= 15 is 0 Å². The lowest BCUT2D eigenvalue weighted by Crippen LogP contribution is -2.31. The molecule has 5 nitrogen and oxygen atoms in total. The molecule has 0 aliphatic carbocycles. The summed E-state index contributed by atoms with van der Waals surface area (Å²) < 4.78 is 0. The highest BCUT2D eigenvalue weighted by Crippen LogP contribution is 2.25. The highest BCUT2D eigenvalue weighted by molar-refractivity contribution is 5.86. The van der Waals surface area contributed by atoms with E-state index in [2.05, 4.69) is 33.9 Å². The summed E-state index contributed by atoms with van der Waals surface area (Å²) in [6, 6.07) is 12.7. The molecule has 2 N–H and O–H groups in total. The smallest absolute Gasteiger partial charge is 0.222 e. The number of benzene rings is 1. The highest BCUT2D eigenvalue weighted by atomic mass is 35.5. The molecule has 0 spiro atoms. The van der Waals surface area contributed by atoms with E-state index in [9.17, 15) is 0 Å². The topological polar surface area (TPSA) is 58.3 Å². The molecule has 1 unspecified atom stereocenters. The van der Waals surface area contributed by atoms with Gasteiger partial charge >= 0.3 is 0 Å². The van der Waals surface area contributed by atoms with Gasteiger partial charge in [-0.05, 0) is 20.5 Å². The number of halogens is 3. The Hall–Kier alpha value is -1.27. The van der Waals surface area contributed by atoms with Crippen molar-refractivity contribution in [3.63, 3.8) is 0 Å². The first-order valence-electron chi connectivity index (χ1n) is 7.25. The maximum Gasteiger partial charge on any atom is 0.222 e. The van der Waals surface area contributed by atoms with Crippen molar-refractivity contribution in [2.75, 3.05) is 37.8 Å². The van der Waals surface area contributed by atoms with Crippen molar-refractivity contribution >= 4 is 49.0 Å². The van der Waals surface area contributed by atoms with Crippen LogP contribution in [0.1, 0.15) is 6.42 Å². The molecular formula is C16H24Cl3N5. The molecule has 134 valence electrons. The van der Waals surface area contributed by atoms with Crippen LogP contribution < -0.4 is 10.6 Å². The molecule has 1 atom stereocenters. The summed E-state index contributed by atoms with van der Waals surface area (Å²) in [4.78, 5) is 13.3. The van der Waals surface area contributed by atoms with Gasteiger partial charge in [0.2, 0.25) is 5.95 Å². The van der Waals surface area contributed by atoms with E-state index in [1.807, 2.05) is 36.4 Å². The first-order valence-corrected chi connectivity index (χ1v) is 7.25. The number of nitrogen functional groups attached to an aromatic ring is 1. The summed E-state index contributed by atoms with van der Waals surface area (Å²) in [5, 5.41) is 0. The van der Waals surface area contributed by atoms with Crippen LogP contribution in [0.2, 0.25) is 0 Å². The van der Waals surface area contributed by atoms with Gasteiger partial charge in [-0.1, -0.05) is 30.3 Å². The van der Waals surface area contributed by atoms with Gasteiger partial charge in [0.05, 0.1) is 5.69 Å². The van der Waals surface area contributed by atoms with Crippen molar-refractivity contribution < 1.29 is 0 Å². The van der Waals surface area contributed by atoms with Gasteiger partial charge in [0.1, 0.15) is 5.82 Å². The average molecular weight is 393 g/mol. The zero-order valence-electron chi connectivity index (χ0n) is 13.8. The minimum atomic E-state index is 0. The van der Waals surface area contributed by atoms with Crippen LogP contribution >= 0.6 is 37.2 Å². The fourth-order valence-electron chi connectivity index (χ4n) is 2.74. The quantitative estimate of drug-likeness (QED) is 0.869. The second-order valence-corrected chi connectivity index (χ2v) is 5.69. The van der Waals surface area contributed by atoms with Crippen LogP contribution in [-0.2, 0) is 0 Å². The molecule has 8 heteroatoms. The zero-order valence-corrected chi connectivity index (χ0v) is 16.2. The summed E-state index contributed by atoms with van der Waals surface area (Å²) in [5.41, 5.74) is 7.85. The van der Waals surface area contributed by atoms with Crippen molar-refractivity contribution in [3.05, 3.63) is 36.4 Å². The monoisotopic (exact) mass is 391 g/mol. The Balaban J connectivity index is 0.00000176. The van der Waals surface area contributed by atoms with Gasteiger partial charge < -0.3 is 15.5 Å². The Morgan fingerprint density at radius 1 is 1.08 bits per heavy atom. The molecule has 0 bridgehead atoms. The summed E-state index contributed by atoms with van der Waals surface area (Å²) >= 11 is 0. The Morgan fingerprint density at radius 2 is 1.75 bits per heavy atom. The van der Waals surface area contributed by atoms with Crippen LogP contribution in [0, 0.1) is 0 Å². The normalized spacial score (nSPS) is 16.1. The molecule has 3 rings (SSSR count). The molecule has 0 saturated carbocycles. The van der Waals surface area contributed by atoms with E-state index < -0.39 is 0 Å². The summed E-state index contributed by atoms with van der Waals surface area (Å²) in [7, 11) is 4.25. The zero-order chi connectivity index (χ0) is 14.8. The van der Waals surface area contributed by atoms with Gasteiger partial charge in [-0.2, -0.15) is 4.98 Å². The number of anilines is 2. The number of likely N-dealkylation sites (N-methyl/N-ethyl adjacent to an activating group) is 1. The van der Waals surface area contributed by atoms with Crippen LogP contribution in [0.25, 0.3) is 11.3 Å². The summed E-state index contributed by atoms with van der Waals surface area (Å²) in [5.74, 6) is 1.25. The van der Waals surface area contributed by atoms with Crippen molar-refractivity contribution in [1.82, 2.24) is 14.9 Å². The second-order valence-electron chi connectivity index (χ2n) is 5.69. The van der Waals surface area contributed by atoms with Crippen LogP contribution in [0.4, 0.5) is 11.8 Å². The molecule has 2 aromatic rings. The largest absolute Gasteiger partial charge is 0.368 e. The van der Waals surface area contributed by atoms with Crippen LogP contribution in [0.15, 0.2) is 36.4 Å². The average Bonchev–Trinajstić information content (AvgIpc) is 2.98. The first-order chi connectivity index (χ1) is 10.1. The second kappa shape index (κ2) is 9.89. The third-order valence-electron chi connectivity index (χ3n) is 4.02. The lowest BCUT2D eigenvalue weighted by atomic mass is 10.1. The van der Waals surface area contributed by atoms with Crippen LogP contribution in [-0.4, -0.2) is 48.1 Å². The minimum absolute atomic E-state index is 0. The molecule has 1 aromatic heterocycles. The van der Waals surface area contributed by atoms with Gasteiger partial charge in [-0.15, -0.1) is 37.2 Å². The molecule has 0 amide bonds. The predicted octanol–water partition coefficient (Wildman–Crippen LogP) is 3.13. The van der Waals surface area contributed by atoms with Crippen molar-refractivity contribution in [1.29, 1.82) is 0 Å². The molecule has 1 saturated heterocycles. The van der Waals surface area contributed by atoms with E-state index in [-0.39, 0.29) is 37.2 Å². The number of hydrogen-bond donors (Lipinski definition) is 1. The fraction of sp³-hybridized carbons (Fsp3) is 0.375. The van der Waals surface area contributed by atoms with Gasteiger partial charge in [0.15, 0.2) is 0 Å². The predicted molar refractivity (Wildman–Crippen MR) is 108 cm³/mol. The molecule has 2 heterocycles. The van der Waals surface area contributed by atoms with Crippen molar-refractivity contribution in [2.24, 2.45) is 0 Å².